The van der Waals surface area contributed by atoms with Gasteiger partial charge >= 0.3 is 0 Å². The van der Waals surface area contributed by atoms with Gasteiger partial charge in [0, 0.05) is 24.3 Å². The lowest BCUT2D eigenvalue weighted by Gasteiger charge is -2.09. The molecule has 92 valence electrons. The van der Waals surface area contributed by atoms with Crippen LogP contribution < -0.4 is 5.32 Å². The average molecular weight is 240 g/mol. The lowest BCUT2D eigenvalue weighted by molar-refractivity contribution is 0.0994. The summed E-state index contributed by atoms with van der Waals surface area (Å²) in [6, 6.07) is 12.3. The topological polar surface area (TPSA) is 34.0 Å². The van der Waals surface area contributed by atoms with Crippen LogP contribution >= 0.6 is 0 Å². The van der Waals surface area contributed by atoms with Crippen LogP contribution in [0.15, 0.2) is 36.4 Å². The molecular weight excluding hydrogens is 224 g/mol. The highest BCUT2D eigenvalue weighted by Gasteiger charge is 2.21. The maximum atomic E-state index is 11.5. The van der Waals surface area contributed by atoms with Crippen molar-refractivity contribution < 1.29 is 4.79 Å². The van der Waals surface area contributed by atoms with E-state index in [-0.39, 0.29) is 5.78 Å². The monoisotopic (exact) mass is 240 g/mol. The minimum absolute atomic E-state index is 0.261. The van der Waals surface area contributed by atoms with Crippen LogP contribution in [0.1, 0.15) is 28.2 Å². The van der Waals surface area contributed by atoms with Crippen molar-refractivity contribution in [3.8, 4) is 0 Å². The number of aromatic nitrogens is 1. The Labute approximate surface area is 106 Å². The van der Waals surface area contributed by atoms with Crippen LogP contribution in [0.2, 0.25) is 0 Å². The number of nitrogens with one attached hydrogen (secondary N) is 1. The third kappa shape index (κ3) is 1.92. The number of aryl methyl sites for hydroxylation is 1. The molecule has 0 radical (unpaired) electrons. The Morgan fingerprint density at radius 3 is 2.72 bits per heavy atom. The van der Waals surface area contributed by atoms with Crippen LogP contribution in [0.3, 0.4) is 0 Å². The number of ketones is 1. The van der Waals surface area contributed by atoms with E-state index < -0.39 is 0 Å². The van der Waals surface area contributed by atoms with Gasteiger partial charge in [0.2, 0.25) is 0 Å². The molecule has 0 saturated heterocycles. The molecule has 18 heavy (non-hydrogen) atoms. The number of Topliss-reactive ketones (excluding diaryl/α,β-unsaturated/α-hetero) is 1. The molecule has 1 N–H and O–H groups in total. The number of benzene rings is 1. The molecule has 3 heteroatoms. The van der Waals surface area contributed by atoms with Gasteiger partial charge in [-0.25, -0.2) is 0 Å². The number of carbonyl (C=O) groups excluding carboxylic acids is 1. The number of anilines is 1. The van der Waals surface area contributed by atoms with Crippen LogP contribution in [0, 0.1) is 6.92 Å². The van der Waals surface area contributed by atoms with Crippen molar-refractivity contribution in [2.75, 3.05) is 5.32 Å². The van der Waals surface area contributed by atoms with E-state index in [0.29, 0.717) is 6.42 Å². The standard InChI is InChI=1S/C15H16N2O/c1-11-2-4-12(5-3-11)16-10-13-6-7-14-15(18)8-9-17(13)14/h2-7,16H,8-10H2,1H3. The van der Waals surface area contributed by atoms with E-state index in [1.807, 2.05) is 12.1 Å². The SMILES string of the molecule is Cc1ccc(NCc2ccc3n2CCC3=O)cc1. The predicted molar refractivity (Wildman–Crippen MR) is 71.9 cm³/mol. The molecule has 0 unspecified atom stereocenters. The molecule has 0 fully saturated rings. The third-order valence-corrected chi connectivity index (χ3v) is 3.44. The second-order valence-corrected chi connectivity index (χ2v) is 4.75. The summed E-state index contributed by atoms with van der Waals surface area (Å²) in [5.74, 6) is 0.261. The largest absolute Gasteiger partial charge is 0.379 e. The fourth-order valence-electron chi connectivity index (χ4n) is 2.38. The first-order valence-corrected chi connectivity index (χ1v) is 6.26. The summed E-state index contributed by atoms with van der Waals surface area (Å²) in [4.78, 5) is 11.5. The van der Waals surface area contributed by atoms with Gasteiger partial charge in [-0.15, -0.1) is 0 Å². The normalized spacial score (nSPS) is 13.7. The molecule has 1 aliphatic heterocycles. The number of hydrogen-bond donors (Lipinski definition) is 1. The highest BCUT2D eigenvalue weighted by atomic mass is 16.1. The minimum Gasteiger partial charge on any atom is -0.379 e. The van der Waals surface area contributed by atoms with Crippen LogP contribution in [0.5, 0.6) is 0 Å². The quantitative estimate of drug-likeness (QED) is 0.894. The van der Waals surface area contributed by atoms with Crippen LogP contribution in [-0.4, -0.2) is 10.4 Å². The van der Waals surface area contributed by atoms with Crippen molar-refractivity contribution in [1.29, 1.82) is 0 Å². The molecule has 0 bridgehead atoms. The number of hydrogen-bond acceptors (Lipinski definition) is 2. The van der Waals surface area contributed by atoms with Gasteiger partial charge in [0.05, 0.1) is 12.2 Å². The highest BCUT2D eigenvalue weighted by molar-refractivity contribution is 5.96. The van der Waals surface area contributed by atoms with Gasteiger partial charge < -0.3 is 9.88 Å². The molecule has 0 atom stereocenters. The molecule has 2 aromatic rings. The van der Waals surface area contributed by atoms with Gasteiger partial charge in [0.15, 0.2) is 5.78 Å². The van der Waals surface area contributed by atoms with E-state index in [9.17, 15) is 4.79 Å². The zero-order chi connectivity index (χ0) is 12.5. The summed E-state index contributed by atoms with van der Waals surface area (Å²) in [7, 11) is 0. The number of nitrogens with zero attached hydrogens (tertiary/aromatic N) is 1. The van der Waals surface area contributed by atoms with Gasteiger partial charge in [-0.3, -0.25) is 4.79 Å². The van der Waals surface area contributed by atoms with E-state index in [4.69, 9.17) is 0 Å². The lowest BCUT2D eigenvalue weighted by atomic mass is 10.2. The van der Waals surface area contributed by atoms with E-state index in [1.165, 1.54) is 11.3 Å². The first-order valence-electron chi connectivity index (χ1n) is 6.26. The zero-order valence-corrected chi connectivity index (χ0v) is 10.4. The van der Waals surface area contributed by atoms with Gasteiger partial charge in [0.25, 0.3) is 0 Å². The molecule has 3 nitrogen and oxygen atoms in total. The number of fused-ring (bicyclic) bond motifs is 1. The van der Waals surface area contributed by atoms with Crippen LogP contribution in [0.25, 0.3) is 0 Å². The van der Waals surface area contributed by atoms with Crippen molar-refractivity contribution in [2.24, 2.45) is 0 Å². The molecule has 2 heterocycles. The molecule has 0 amide bonds. The lowest BCUT2D eigenvalue weighted by Crippen LogP contribution is -2.06. The molecule has 1 aliphatic rings. The molecule has 1 aromatic heterocycles. The Morgan fingerprint density at radius 2 is 1.94 bits per heavy atom. The smallest absolute Gasteiger partial charge is 0.180 e. The molecule has 1 aromatic carbocycles. The molecule has 0 aliphatic carbocycles. The van der Waals surface area contributed by atoms with Crippen molar-refractivity contribution in [2.45, 2.75) is 26.4 Å². The Balaban J connectivity index is 1.72. The number of rotatable bonds is 3. The summed E-state index contributed by atoms with van der Waals surface area (Å²) in [5.41, 5.74) is 4.40. The molecule has 3 rings (SSSR count). The van der Waals surface area contributed by atoms with Crippen LogP contribution in [0.4, 0.5) is 5.69 Å². The fraction of sp³-hybridized carbons (Fsp3) is 0.267. The summed E-state index contributed by atoms with van der Waals surface area (Å²) >= 11 is 0. The Hall–Kier alpha value is -2.03. The highest BCUT2D eigenvalue weighted by Crippen LogP contribution is 2.20. The second-order valence-electron chi connectivity index (χ2n) is 4.75. The minimum atomic E-state index is 0.261. The molecule has 0 saturated carbocycles. The summed E-state index contributed by atoms with van der Waals surface area (Å²) in [6.07, 6.45) is 0.647. The molecule has 0 spiro atoms. The average Bonchev–Trinajstić information content (AvgIpc) is 2.93. The summed E-state index contributed by atoms with van der Waals surface area (Å²) < 4.78 is 2.11. The van der Waals surface area contributed by atoms with Gasteiger partial charge in [-0.2, -0.15) is 0 Å². The first-order chi connectivity index (χ1) is 8.74. The number of carbonyl (C=O) groups is 1. The van der Waals surface area contributed by atoms with Crippen molar-refractivity contribution in [3.05, 3.63) is 53.3 Å². The maximum absolute atomic E-state index is 11.5. The van der Waals surface area contributed by atoms with Crippen molar-refractivity contribution in [1.82, 2.24) is 4.57 Å². The van der Waals surface area contributed by atoms with Crippen molar-refractivity contribution in [3.63, 3.8) is 0 Å². The van der Waals surface area contributed by atoms with Crippen molar-refractivity contribution >= 4 is 11.5 Å². The van der Waals surface area contributed by atoms with E-state index >= 15 is 0 Å². The zero-order valence-electron chi connectivity index (χ0n) is 10.4. The Morgan fingerprint density at radius 1 is 1.17 bits per heavy atom. The van der Waals surface area contributed by atoms with E-state index in [0.717, 1.165) is 24.5 Å². The molecular formula is C15H16N2O. The van der Waals surface area contributed by atoms with Gasteiger partial charge in [0.1, 0.15) is 0 Å². The summed E-state index contributed by atoms with van der Waals surface area (Å²) in [5, 5.41) is 3.39. The Bertz CT molecular complexity index is 581. The maximum Gasteiger partial charge on any atom is 0.180 e. The predicted octanol–water partition coefficient (Wildman–Crippen LogP) is 3.00. The first kappa shape index (κ1) is 11.1. The van der Waals surface area contributed by atoms with E-state index in [2.05, 4.69) is 41.1 Å². The van der Waals surface area contributed by atoms with E-state index in [1.54, 1.807) is 0 Å². The van der Waals surface area contributed by atoms with Crippen LogP contribution in [-0.2, 0) is 13.1 Å². The van der Waals surface area contributed by atoms with Gasteiger partial charge in [-0.1, -0.05) is 17.7 Å². The fourth-order valence-corrected chi connectivity index (χ4v) is 2.38. The second kappa shape index (κ2) is 4.33. The van der Waals surface area contributed by atoms with Gasteiger partial charge in [-0.05, 0) is 31.2 Å². The third-order valence-electron chi connectivity index (χ3n) is 3.44. The Kier molecular flexibility index (Phi) is 2.67. The summed E-state index contributed by atoms with van der Waals surface area (Å²) in [6.45, 7) is 3.66.